The van der Waals surface area contributed by atoms with E-state index in [1.165, 1.54) is 4.90 Å². The van der Waals surface area contributed by atoms with E-state index in [4.69, 9.17) is 0 Å². The minimum absolute atomic E-state index is 0.0580. The summed E-state index contributed by atoms with van der Waals surface area (Å²) in [7, 11) is 0. The Labute approximate surface area is 65.7 Å². The quantitative estimate of drug-likeness (QED) is 0.337. The summed E-state index contributed by atoms with van der Waals surface area (Å²) in [5.41, 5.74) is 0. The van der Waals surface area contributed by atoms with Gasteiger partial charge in [0.25, 0.3) is 0 Å². The van der Waals surface area contributed by atoms with Crippen molar-refractivity contribution in [2.45, 2.75) is 13.3 Å². The van der Waals surface area contributed by atoms with Gasteiger partial charge in [0, 0.05) is 6.54 Å². The van der Waals surface area contributed by atoms with E-state index in [0.717, 1.165) is 0 Å². The molecule has 1 aliphatic heterocycles. The van der Waals surface area contributed by atoms with Crippen LogP contribution in [-0.4, -0.2) is 23.3 Å². The first-order valence-corrected chi connectivity index (χ1v) is 3.68. The molecule has 0 bridgehead atoms. The zero-order chi connectivity index (χ0) is 8.43. The van der Waals surface area contributed by atoms with Crippen molar-refractivity contribution in [3.63, 3.8) is 0 Å². The third-order valence-corrected chi connectivity index (χ3v) is 1.85. The molecule has 60 valence electrons. The highest BCUT2D eigenvalue weighted by molar-refractivity contribution is 6.17. The molecule has 0 radical (unpaired) electrons. The SMILES string of the molecule is C=CCC1C(=O)N(CC)C1=O. The molecule has 3 nitrogen and oxygen atoms in total. The molecular formula is C8H11NO2. The molecule has 0 atom stereocenters. The molecule has 0 aliphatic carbocycles. The van der Waals surface area contributed by atoms with Gasteiger partial charge in [0.2, 0.25) is 11.8 Å². The number of β-lactam (4-membered cyclic amide) rings is 2. The number of likely N-dealkylation sites (tertiary alicyclic amines) is 1. The number of imide groups is 1. The Morgan fingerprint density at radius 3 is 2.45 bits per heavy atom. The largest absolute Gasteiger partial charge is 0.282 e. The van der Waals surface area contributed by atoms with Crippen LogP contribution in [0.25, 0.3) is 0 Å². The Kier molecular flexibility index (Phi) is 2.08. The summed E-state index contributed by atoms with van der Waals surface area (Å²) in [6, 6.07) is 0. The van der Waals surface area contributed by atoms with Gasteiger partial charge in [-0.15, -0.1) is 6.58 Å². The van der Waals surface area contributed by atoms with Crippen molar-refractivity contribution in [3.8, 4) is 0 Å². The van der Waals surface area contributed by atoms with Gasteiger partial charge in [0.15, 0.2) is 0 Å². The van der Waals surface area contributed by atoms with Crippen molar-refractivity contribution in [2.24, 2.45) is 5.92 Å². The molecule has 1 heterocycles. The van der Waals surface area contributed by atoms with Crippen molar-refractivity contribution in [2.75, 3.05) is 6.54 Å². The number of allylic oxidation sites excluding steroid dienone is 1. The lowest BCUT2D eigenvalue weighted by Crippen LogP contribution is -2.57. The second kappa shape index (κ2) is 2.86. The van der Waals surface area contributed by atoms with Crippen molar-refractivity contribution < 1.29 is 9.59 Å². The van der Waals surface area contributed by atoms with E-state index in [-0.39, 0.29) is 11.8 Å². The maximum absolute atomic E-state index is 11.1. The maximum atomic E-state index is 11.1. The van der Waals surface area contributed by atoms with Crippen LogP contribution in [-0.2, 0) is 9.59 Å². The Balaban J connectivity index is 2.56. The summed E-state index contributed by atoms with van der Waals surface area (Å²) in [5.74, 6) is -0.540. The molecule has 1 fully saturated rings. The third kappa shape index (κ3) is 1.06. The van der Waals surface area contributed by atoms with E-state index in [9.17, 15) is 9.59 Å². The number of amides is 2. The molecule has 3 heteroatoms. The first-order chi connectivity index (χ1) is 5.22. The van der Waals surface area contributed by atoms with Crippen molar-refractivity contribution in [1.29, 1.82) is 0 Å². The highest BCUT2D eigenvalue weighted by Crippen LogP contribution is 2.22. The van der Waals surface area contributed by atoms with Crippen LogP contribution in [0.3, 0.4) is 0 Å². The molecular weight excluding hydrogens is 142 g/mol. The Morgan fingerprint density at radius 2 is 2.09 bits per heavy atom. The lowest BCUT2D eigenvalue weighted by atomic mass is 9.94. The summed E-state index contributed by atoms with van der Waals surface area (Å²) in [6.07, 6.45) is 2.08. The average Bonchev–Trinajstić information content (AvgIpc) is 2.01. The molecule has 2 amide bonds. The van der Waals surface area contributed by atoms with E-state index in [1.807, 2.05) is 0 Å². The molecule has 0 aromatic rings. The number of carbonyl (C=O) groups is 2. The molecule has 0 aromatic heterocycles. The first kappa shape index (κ1) is 7.98. The van der Waals surface area contributed by atoms with Crippen molar-refractivity contribution in [1.82, 2.24) is 4.90 Å². The minimum Gasteiger partial charge on any atom is -0.282 e. The average molecular weight is 153 g/mol. The van der Waals surface area contributed by atoms with Crippen LogP contribution in [0.15, 0.2) is 12.7 Å². The zero-order valence-corrected chi connectivity index (χ0v) is 6.54. The van der Waals surface area contributed by atoms with Crippen molar-refractivity contribution in [3.05, 3.63) is 12.7 Å². The molecule has 0 N–H and O–H groups in total. The fraction of sp³-hybridized carbons (Fsp3) is 0.500. The van der Waals surface area contributed by atoms with E-state index >= 15 is 0 Å². The van der Waals surface area contributed by atoms with Gasteiger partial charge in [0.1, 0.15) is 5.92 Å². The molecule has 0 saturated carbocycles. The third-order valence-electron chi connectivity index (χ3n) is 1.85. The molecule has 11 heavy (non-hydrogen) atoms. The molecule has 1 aliphatic rings. The number of rotatable bonds is 3. The summed E-state index contributed by atoms with van der Waals surface area (Å²) in [5, 5.41) is 0. The van der Waals surface area contributed by atoms with E-state index in [2.05, 4.69) is 6.58 Å². The van der Waals surface area contributed by atoms with Crippen LogP contribution in [0.1, 0.15) is 13.3 Å². The van der Waals surface area contributed by atoms with Gasteiger partial charge in [-0.2, -0.15) is 0 Å². The fourth-order valence-corrected chi connectivity index (χ4v) is 1.20. The minimum atomic E-state index is -0.424. The summed E-state index contributed by atoms with van der Waals surface area (Å²) in [4.78, 5) is 23.4. The Bertz CT molecular complexity index is 194. The van der Waals surface area contributed by atoms with Crippen LogP contribution < -0.4 is 0 Å². The number of hydrogen-bond donors (Lipinski definition) is 0. The molecule has 0 aromatic carbocycles. The highest BCUT2D eigenvalue weighted by Gasteiger charge is 2.44. The predicted octanol–water partition coefficient (Wildman–Crippen LogP) is 0.567. The molecule has 1 rings (SSSR count). The van der Waals surface area contributed by atoms with Crippen LogP contribution in [0, 0.1) is 5.92 Å². The highest BCUT2D eigenvalue weighted by atomic mass is 16.2. The Morgan fingerprint density at radius 1 is 1.55 bits per heavy atom. The van der Waals surface area contributed by atoms with Gasteiger partial charge in [-0.05, 0) is 13.3 Å². The lowest BCUT2D eigenvalue weighted by molar-refractivity contribution is -0.165. The number of hydrogen-bond acceptors (Lipinski definition) is 2. The van der Waals surface area contributed by atoms with E-state index in [0.29, 0.717) is 13.0 Å². The molecule has 0 unspecified atom stereocenters. The van der Waals surface area contributed by atoms with Gasteiger partial charge in [0.05, 0.1) is 0 Å². The summed E-state index contributed by atoms with van der Waals surface area (Å²) in [6.45, 7) is 5.76. The lowest BCUT2D eigenvalue weighted by Gasteiger charge is -2.34. The molecule has 0 spiro atoms. The monoisotopic (exact) mass is 153 g/mol. The first-order valence-electron chi connectivity index (χ1n) is 3.68. The molecule has 1 saturated heterocycles. The second-order valence-corrected chi connectivity index (χ2v) is 2.50. The smallest absolute Gasteiger partial charge is 0.242 e. The van der Waals surface area contributed by atoms with Crippen LogP contribution in [0.2, 0.25) is 0 Å². The van der Waals surface area contributed by atoms with Gasteiger partial charge in [-0.1, -0.05) is 6.08 Å². The van der Waals surface area contributed by atoms with Crippen LogP contribution >= 0.6 is 0 Å². The van der Waals surface area contributed by atoms with Crippen molar-refractivity contribution >= 4 is 11.8 Å². The van der Waals surface area contributed by atoms with E-state index in [1.54, 1.807) is 13.0 Å². The summed E-state index contributed by atoms with van der Waals surface area (Å²) >= 11 is 0. The zero-order valence-electron chi connectivity index (χ0n) is 6.54. The van der Waals surface area contributed by atoms with Gasteiger partial charge >= 0.3 is 0 Å². The van der Waals surface area contributed by atoms with Crippen LogP contribution in [0.4, 0.5) is 0 Å². The standard InChI is InChI=1S/C8H11NO2/c1-3-5-6-7(10)9(4-2)8(6)11/h3,6H,1,4-5H2,2H3. The topological polar surface area (TPSA) is 37.4 Å². The van der Waals surface area contributed by atoms with E-state index < -0.39 is 5.92 Å². The second-order valence-electron chi connectivity index (χ2n) is 2.50. The normalized spacial score (nSPS) is 18.5. The fourth-order valence-electron chi connectivity index (χ4n) is 1.20. The predicted molar refractivity (Wildman–Crippen MR) is 40.7 cm³/mol. The Hall–Kier alpha value is -1.12. The maximum Gasteiger partial charge on any atom is 0.242 e. The van der Waals surface area contributed by atoms with Gasteiger partial charge in [-0.25, -0.2) is 0 Å². The summed E-state index contributed by atoms with van der Waals surface area (Å²) < 4.78 is 0. The number of nitrogens with zero attached hydrogens (tertiary/aromatic N) is 1. The van der Waals surface area contributed by atoms with Crippen LogP contribution in [0.5, 0.6) is 0 Å². The van der Waals surface area contributed by atoms with Gasteiger partial charge < -0.3 is 0 Å². The number of carbonyl (C=O) groups excluding carboxylic acids is 2. The van der Waals surface area contributed by atoms with Gasteiger partial charge in [-0.3, -0.25) is 14.5 Å².